The molecule has 1 rings (SSSR count). The van der Waals surface area contributed by atoms with E-state index in [2.05, 4.69) is 24.0 Å². The van der Waals surface area contributed by atoms with Gasteiger partial charge >= 0.3 is 0 Å². The second-order valence-electron chi connectivity index (χ2n) is 3.20. The zero-order valence-electron chi connectivity index (χ0n) is 7.64. The Morgan fingerprint density at radius 1 is 1.27 bits per heavy atom. The van der Waals surface area contributed by atoms with Crippen molar-refractivity contribution in [2.75, 3.05) is 13.1 Å². The molecule has 0 aromatic heterocycles. The lowest BCUT2D eigenvalue weighted by Gasteiger charge is -2.24. The molecular formula is C9H18N2. The van der Waals surface area contributed by atoms with Crippen LogP contribution in [-0.2, 0) is 0 Å². The third-order valence-electron chi connectivity index (χ3n) is 2.16. The molecule has 1 aliphatic rings. The molecule has 1 fully saturated rings. The summed E-state index contributed by atoms with van der Waals surface area (Å²) in [5.41, 5.74) is 1.26. The first kappa shape index (κ1) is 8.57. The molecule has 0 bridgehead atoms. The van der Waals surface area contributed by atoms with Gasteiger partial charge in [0.2, 0.25) is 0 Å². The Kier molecular flexibility index (Phi) is 3.40. The summed E-state index contributed by atoms with van der Waals surface area (Å²) in [5.74, 6) is 0. The second kappa shape index (κ2) is 4.37. The minimum atomic E-state index is 1.08. The van der Waals surface area contributed by atoms with Crippen LogP contribution in [0.15, 0.2) is 5.10 Å². The van der Waals surface area contributed by atoms with E-state index < -0.39 is 0 Å². The van der Waals surface area contributed by atoms with Crippen molar-refractivity contribution in [2.45, 2.75) is 39.5 Å². The number of hydrogen-bond donors (Lipinski definition) is 0. The fourth-order valence-corrected chi connectivity index (χ4v) is 1.29. The third-order valence-corrected chi connectivity index (χ3v) is 2.16. The Morgan fingerprint density at radius 2 is 1.91 bits per heavy atom. The van der Waals surface area contributed by atoms with Crippen molar-refractivity contribution in [1.82, 2.24) is 5.01 Å². The summed E-state index contributed by atoms with van der Waals surface area (Å²) in [6.07, 6.45) is 5.11. The summed E-state index contributed by atoms with van der Waals surface area (Å²) in [4.78, 5) is 0. The number of rotatable bonds is 2. The molecule has 0 radical (unpaired) electrons. The first-order valence-corrected chi connectivity index (χ1v) is 4.62. The molecule has 64 valence electrons. The summed E-state index contributed by atoms with van der Waals surface area (Å²) < 4.78 is 0. The van der Waals surface area contributed by atoms with Crippen molar-refractivity contribution >= 4 is 5.71 Å². The van der Waals surface area contributed by atoms with Crippen LogP contribution in [0.5, 0.6) is 0 Å². The Bertz CT molecular complexity index is 134. The molecule has 1 aliphatic heterocycles. The van der Waals surface area contributed by atoms with Crippen LogP contribution in [0.4, 0.5) is 0 Å². The van der Waals surface area contributed by atoms with Crippen molar-refractivity contribution in [3.8, 4) is 0 Å². The fraction of sp³-hybridized carbons (Fsp3) is 0.889. The van der Waals surface area contributed by atoms with E-state index in [-0.39, 0.29) is 0 Å². The molecule has 0 aliphatic carbocycles. The maximum atomic E-state index is 4.50. The lowest BCUT2D eigenvalue weighted by Crippen LogP contribution is -2.25. The number of piperidine rings is 1. The van der Waals surface area contributed by atoms with Crippen LogP contribution in [0.25, 0.3) is 0 Å². The molecule has 0 N–H and O–H groups in total. The van der Waals surface area contributed by atoms with Gasteiger partial charge in [-0.25, -0.2) is 0 Å². The number of nitrogens with zero attached hydrogens (tertiary/aromatic N) is 2. The lowest BCUT2D eigenvalue weighted by molar-refractivity contribution is 0.238. The highest BCUT2D eigenvalue weighted by Gasteiger charge is 2.06. The Balaban J connectivity index is 2.34. The molecule has 1 heterocycles. The van der Waals surface area contributed by atoms with Gasteiger partial charge in [-0.3, -0.25) is 5.01 Å². The smallest absolute Gasteiger partial charge is 0.0360 e. The average Bonchev–Trinajstić information content (AvgIpc) is 2.06. The van der Waals surface area contributed by atoms with E-state index >= 15 is 0 Å². The van der Waals surface area contributed by atoms with Crippen molar-refractivity contribution in [3.63, 3.8) is 0 Å². The van der Waals surface area contributed by atoms with Gasteiger partial charge in [-0.2, -0.15) is 5.10 Å². The maximum Gasteiger partial charge on any atom is 0.0360 e. The molecule has 1 saturated heterocycles. The Labute approximate surface area is 69.3 Å². The van der Waals surface area contributed by atoms with Crippen LogP contribution in [0.3, 0.4) is 0 Å². The molecule has 11 heavy (non-hydrogen) atoms. The van der Waals surface area contributed by atoms with Crippen molar-refractivity contribution in [2.24, 2.45) is 5.10 Å². The molecule has 0 saturated carbocycles. The minimum absolute atomic E-state index is 1.08. The van der Waals surface area contributed by atoms with Gasteiger partial charge in [-0.1, -0.05) is 6.92 Å². The topological polar surface area (TPSA) is 15.6 Å². The van der Waals surface area contributed by atoms with E-state index in [0.29, 0.717) is 0 Å². The van der Waals surface area contributed by atoms with Gasteiger partial charge in [0.05, 0.1) is 0 Å². The summed E-state index contributed by atoms with van der Waals surface area (Å²) in [5, 5.41) is 6.72. The van der Waals surface area contributed by atoms with E-state index in [0.717, 1.165) is 19.5 Å². The minimum Gasteiger partial charge on any atom is -0.297 e. The van der Waals surface area contributed by atoms with E-state index in [9.17, 15) is 0 Å². The summed E-state index contributed by atoms with van der Waals surface area (Å²) in [6, 6.07) is 0. The predicted molar refractivity (Wildman–Crippen MR) is 48.8 cm³/mol. The third kappa shape index (κ3) is 2.91. The number of hydrogen-bond acceptors (Lipinski definition) is 2. The molecule has 0 aromatic carbocycles. The zero-order valence-corrected chi connectivity index (χ0v) is 7.64. The normalized spacial score (nSPS) is 20.5. The Hall–Kier alpha value is -0.530. The average molecular weight is 154 g/mol. The highest BCUT2D eigenvalue weighted by Crippen LogP contribution is 2.08. The van der Waals surface area contributed by atoms with E-state index in [4.69, 9.17) is 0 Å². The van der Waals surface area contributed by atoms with Crippen LogP contribution in [0.2, 0.25) is 0 Å². The summed E-state index contributed by atoms with van der Waals surface area (Å²) in [6.45, 7) is 6.59. The molecule has 0 spiro atoms. The van der Waals surface area contributed by atoms with Gasteiger partial charge in [-0.15, -0.1) is 0 Å². The van der Waals surface area contributed by atoms with Crippen molar-refractivity contribution < 1.29 is 0 Å². The fourth-order valence-electron chi connectivity index (χ4n) is 1.29. The monoisotopic (exact) mass is 154 g/mol. The van der Waals surface area contributed by atoms with E-state index in [1.54, 1.807) is 0 Å². The largest absolute Gasteiger partial charge is 0.297 e. The van der Waals surface area contributed by atoms with Gasteiger partial charge in [0, 0.05) is 18.8 Å². The van der Waals surface area contributed by atoms with Gasteiger partial charge in [0.25, 0.3) is 0 Å². The molecule has 2 nitrogen and oxygen atoms in total. The van der Waals surface area contributed by atoms with Crippen LogP contribution >= 0.6 is 0 Å². The van der Waals surface area contributed by atoms with E-state index in [1.165, 1.54) is 25.0 Å². The van der Waals surface area contributed by atoms with Gasteiger partial charge in [0.1, 0.15) is 0 Å². The maximum absolute atomic E-state index is 4.50. The number of hydrazone groups is 1. The predicted octanol–water partition coefficient (Wildman–Crippen LogP) is 2.26. The molecule has 0 aromatic rings. The highest BCUT2D eigenvalue weighted by atomic mass is 15.4. The first-order valence-electron chi connectivity index (χ1n) is 4.62. The van der Waals surface area contributed by atoms with E-state index in [1.807, 2.05) is 0 Å². The molecule has 0 amide bonds. The lowest BCUT2D eigenvalue weighted by atomic mass is 10.2. The van der Waals surface area contributed by atoms with Crippen LogP contribution in [-0.4, -0.2) is 23.8 Å². The summed E-state index contributed by atoms with van der Waals surface area (Å²) in [7, 11) is 0. The summed E-state index contributed by atoms with van der Waals surface area (Å²) >= 11 is 0. The van der Waals surface area contributed by atoms with Gasteiger partial charge in [-0.05, 0) is 32.6 Å². The molecular weight excluding hydrogens is 136 g/mol. The zero-order chi connectivity index (χ0) is 8.10. The van der Waals surface area contributed by atoms with Gasteiger partial charge < -0.3 is 0 Å². The SMILES string of the molecule is CC/C(C)=N/N1CCCCC1. The Morgan fingerprint density at radius 3 is 2.45 bits per heavy atom. The standard InChI is InChI=1S/C9H18N2/c1-3-9(2)10-11-7-5-4-6-8-11/h3-8H2,1-2H3/b10-9+. The highest BCUT2D eigenvalue weighted by molar-refractivity contribution is 5.81. The second-order valence-corrected chi connectivity index (χ2v) is 3.20. The quantitative estimate of drug-likeness (QED) is 0.557. The van der Waals surface area contributed by atoms with Crippen LogP contribution in [0, 0.1) is 0 Å². The van der Waals surface area contributed by atoms with Crippen molar-refractivity contribution in [3.05, 3.63) is 0 Å². The molecule has 0 atom stereocenters. The molecule has 2 heteroatoms. The van der Waals surface area contributed by atoms with Gasteiger partial charge in [0.15, 0.2) is 0 Å². The molecule has 0 unspecified atom stereocenters. The first-order chi connectivity index (χ1) is 5.33. The van der Waals surface area contributed by atoms with Crippen molar-refractivity contribution in [1.29, 1.82) is 0 Å². The van der Waals surface area contributed by atoms with Crippen LogP contribution in [0.1, 0.15) is 39.5 Å². The van der Waals surface area contributed by atoms with Crippen LogP contribution < -0.4 is 0 Å².